The number of rotatable bonds is 5. The van der Waals surface area contributed by atoms with Crippen LogP contribution in [0.2, 0.25) is 0 Å². The number of amides is 1. The molecule has 0 aromatic heterocycles. The highest BCUT2D eigenvalue weighted by Crippen LogP contribution is 2.27. The standard InChI is InChI=1S/C18H27N3OS/c19-16-6-3-5-14(16)12-18(22)20-17-7-2-1-4-15(17)13-21-8-10-23-11-9-21/h1-2,4,7,14,16H,3,5-6,8-13,19H2,(H,20,22)/t14-,16+/m0/s1. The van der Waals surface area contributed by atoms with Crippen molar-refractivity contribution in [3.63, 3.8) is 0 Å². The van der Waals surface area contributed by atoms with Gasteiger partial charge in [-0.25, -0.2) is 0 Å². The summed E-state index contributed by atoms with van der Waals surface area (Å²) in [5.74, 6) is 2.86. The Morgan fingerprint density at radius 3 is 2.78 bits per heavy atom. The fraction of sp³-hybridized carbons (Fsp3) is 0.611. The van der Waals surface area contributed by atoms with Gasteiger partial charge in [0.2, 0.25) is 5.91 Å². The van der Waals surface area contributed by atoms with E-state index in [0.717, 1.165) is 44.6 Å². The van der Waals surface area contributed by atoms with Gasteiger partial charge in [0.15, 0.2) is 0 Å². The molecule has 2 atom stereocenters. The predicted molar refractivity (Wildman–Crippen MR) is 97.6 cm³/mol. The number of nitrogens with zero attached hydrogens (tertiary/aromatic N) is 1. The van der Waals surface area contributed by atoms with Crippen molar-refractivity contribution < 1.29 is 4.79 Å². The SMILES string of the molecule is N[C@@H]1CCC[C@H]1CC(=O)Nc1ccccc1CN1CCSCC1. The third-order valence-corrected chi connectivity index (χ3v) is 5.90. The molecule has 1 amide bonds. The Balaban J connectivity index is 1.59. The van der Waals surface area contributed by atoms with Crippen LogP contribution in [0.5, 0.6) is 0 Å². The topological polar surface area (TPSA) is 58.4 Å². The Kier molecular flexibility index (Phi) is 5.97. The molecule has 0 radical (unpaired) electrons. The average Bonchev–Trinajstić information content (AvgIpc) is 2.95. The second kappa shape index (κ2) is 8.18. The maximum atomic E-state index is 12.4. The zero-order valence-corrected chi connectivity index (χ0v) is 14.5. The molecular formula is C18H27N3OS. The molecule has 4 nitrogen and oxygen atoms in total. The van der Waals surface area contributed by atoms with Gasteiger partial charge in [0.1, 0.15) is 0 Å². The van der Waals surface area contributed by atoms with Crippen molar-refractivity contribution in [1.29, 1.82) is 0 Å². The minimum Gasteiger partial charge on any atom is -0.327 e. The Labute approximate surface area is 143 Å². The van der Waals surface area contributed by atoms with Crippen LogP contribution in [0.3, 0.4) is 0 Å². The van der Waals surface area contributed by atoms with Gasteiger partial charge in [-0.05, 0) is 30.4 Å². The normalized spacial score (nSPS) is 25.4. The molecule has 126 valence electrons. The summed E-state index contributed by atoms with van der Waals surface area (Å²) in [4.78, 5) is 14.8. The van der Waals surface area contributed by atoms with Gasteiger partial charge in [0, 0.05) is 49.3 Å². The van der Waals surface area contributed by atoms with Crippen LogP contribution in [0.4, 0.5) is 5.69 Å². The van der Waals surface area contributed by atoms with E-state index in [2.05, 4.69) is 22.3 Å². The van der Waals surface area contributed by atoms with Crippen molar-refractivity contribution in [2.45, 2.75) is 38.3 Å². The number of hydrogen-bond donors (Lipinski definition) is 2. The fourth-order valence-electron chi connectivity index (χ4n) is 3.54. The summed E-state index contributed by atoms with van der Waals surface area (Å²) in [5, 5.41) is 3.12. The zero-order valence-electron chi connectivity index (χ0n) is 13.7. The summed E-state index contributed by atoms with van der Waals surface area (Å²) < 4.78 is 0. The Morgan fingerprint density at radius 2 is 2.04 bits per heavy atom. The molecule has 1 aromatic rings. The first-order chi connectivity index (χ1) is 11.2. The van der Waals surface area contributed by atoms with Gasteiger partial charge in [-0.2, -0.15) is 11.8 Å². The van der Waals surface area contributed by atoms with Gasteiger partial charge < -0.3 is 11.1 Å². The summed E-state index contributed by atoms with van der Waals surface area (Å²) in [6, 6.07) is 8.38. The lowest BCUT2D eigenvalue weighted by atomic mass is 9.99. The monoisotopic (exact) mass is 333 g/mol. The molecule has 0 unspecified atom stereocenters. The van der Waals surface area contributed by atoms with Crippen LogP contribution >= 0.6 is 11.8 Å². The zero-order chi connectivity index (χ0) is 16.1. The number of carbonyl (C=O) groups is 1. The molecule has 0 bridgehead atoms. The highest BCUT2D eigenvalue weighted by Gasteiger charge is 2.26. The second-order valence-corrected chi connectivity index (χ2v) is 7.88. The number of anilines is 1. The number of benzene rings is 1. The molecule has 5 heteroatoms. The molecule has 2 fully saturated rings. The second-order valence-electron chi connectivity index (χ2n) is 6.65. The third-order valence-electron chi connectivity index (χ3n) is 4.95. The van der Waals surface area contributed by atoms with E-state index in [1.807, 2.05) is 23.9 Å². The first-order valence-corrected chi connectivity index (χ1v) is 9.81. The molecule has 0 spiro atoms. The van der Waals surface area contributed by atoms with Gasteiger partial charge in [0.25, 0.3) is 0 Å². The van der Waals surface area contributed by atoms with E-state index in [9.17, 15) is 4.79 Å². The molecule has 2 aliphatic rings. The summed E-state index contributed by atoms with van der Waals surface area (Å²) in [7, 11) is 0. The molecule has 1 heterocycles. The molecule has 1 saturated heterocycles. The third kappa shape index (κ3) is 4.72. The van der Waals surface area contributed by atoms with E-state index < -0.39 is 0 Å². The minimum atomic E-state index is 0.106. The summed E-state index contributed by atoms with van der Waals surface area (Å²) in [5.41, 5.74) is 8.26. The summed E-state index contributed by atoms with van der Waals surface area (Å²) in [6.07, 6.45) is 3.85. The smallest absolute Gasteiger partial charge is 0.224 e. The van der Waals surface area contributed by atoms with Crippen LogP contribution < -0.4 is 11.1 Å². The quantitative estimate of drug-likeness (QED) is 0.870. The van der Waals surface area contributed by atoms with Crippen LogP contribution in [0.1, 0.15) is 31.2 Å². The number of para-hydroxylation sites is 1. The van der Waals surface area contributed by atoms with Crippen molar-refractivity contribution in [2.75, 3.05) is 29.9 Å². The lowest BCUT2D eigenvalue weighted by Crippen LogP contribution is -2.32. The Morgan fingerprint density at radius 1 is 1.26 bits per heavy atom. The predicted octanol–water partition coefficient (Wildman–Crippen LogP) is 2.69. The van der Waals surface area contributed by atoms with Gasteiger partial charge in [-0.3, -0.25) is 9.69 Å². The maximum absolute atomic E-state index is 12.4. The molecule has 3 N–H and O–H groups in total. The lowest BCUT2D eigenvalue weighted by molar-refractivity contribution is -0.117. The van der Waals surface area contributed by atoms with E-state index in [0.29, 0.717) is 12.3 Å². The average molecular weight is 334 g/mol. The number of nitrogens with two attached hydrogens (primary N) is 1. The fourth-order valence-corrected chi connectivity index (χ4v) is 4.52. The molecular weight excluding hydrogens is 306 g/mol. The molecule has 3 rings (SSSR count). The molecule has 23 heavy (non-hydrogen) atoms. The molecule has 1 saturated carbocycles. The van der Waals surface area contributed by atoms with Gasteiger partial charge >= 0.3 is 0 Å². The van der Waals surface area contributed by atoms with Gasteiger partial charge in [-0.1, -0.05) is 24.6 Å². The van der Waals surface area contributed by atoms with Crippen LogP contribution in [0.25, 0.3) is 0 Å². The highest BCUT2D eigenvalue weighted by molar-refractivity contribution is 7.99. The van der Waals surface area contributed by atoms with Gasteiger partial charge in [0.05, 0.1) is 0 Å². The van der Waals surface area contributed by atoms with Crippen LogP contribution in [-0.2, 0) is 11.3 Å². The van der Waals surface area contributed by atoms with E-state index in [-0.39, 0.29) is 11.9 Å². The molecule has 1 aromatic carbocycles. The summed E-state index contributed by atoms with van der Waals surface area (Å²) in [6.45, 7) is 3.17. The first-order valence-electron chi connectivity index (χ1n) is 8.66. The van der Waals surface area contributed by atoms with E-state index in [1.165, 1.54) is 17.1 Å². The van der Waals surface area contributed by atoms with Crippen LogP contribution in [-0.4, -0.2) is 41.4 Å². The Bertz CT molecular complexity index is 531. The van der Waals surface area contributed by atoms with Crippen LogP contribution in [0.15, 0.2) is 24.3 Å². The van der Waals surface area contributed by atoms with Crippen molar-refractivity contribution in [3.8, 4) is 0 Å². The van der Waals surface area contributed by atoms with Gasteiger partial charge in [-0.15, -0.1) is 0 Å². The first kappa shape index (κ1) is 16.8. The van der Waals surface area contributed by atoms with Crippen molar-refractivity contribution in [3.05, 3.63) is 29.8 Å². The maximum Gasteiger partial charge on any atom is 0.224 e. The number of thioether (sulfide) groups is 1. The van der Waals surface area contributed by atoms with Crippen molar-refractivity contribution in [1.82, 2.24) is 4.90 Å². The Hall–Kier alpha value is -1.04. The largest absolute Gasteiger partial charge is 0.327 e. The number of carbonyl (C=O) groups excluding carboxylic acids is 1. The van der Waals surface area contributed by atoms with Crippen molar-refractivity contribution >= 4 is 23.4 Å². The minimum absolute atomic E-state index is 0.106. The van der Waals surface area contributed by atoms with E-state index in [1.54, 1.807) is 0 Å². The molecule has 1 aliphatic carbocycles. The van der Waals surface area contributed by atoms with E-state index >= 15 is 0 Å². The highest BCUT2D eigenvalue weighted by atomic mass is 32.2. The van der Waals surface area contributed by atoms with Crippen molar-refractivity contribution in [2.24, 2.45) is 11.7 Å². The summed E-state index contributed by atoms with van der Waals surface area (Å²) >= 11 is 2.02. The number of nitrogens with one attached hydrogen (secondary N) is 1. The molecule has 1 aliphatic heterocycles. The number of hydrogen-bond acceptors (Lipinski definition) is 4. The van der Waals surface area contributed by atoms with E-state index in [4.69, 9.17) is 5.73 Å². The lowest BCUT2D eigenvalue weighted by Gasteiger charge is -2.27. The van der Waals surface area contributed by atoms with Crippen LogP contribution in [0, 0.1) is 5.92 Å².